The first-order valence-corrected chi connectivity index (χ1v) is 7.48. The van der Waals surface area contributed by atoms with Gasteiger partial charge in [-0.1, -0.05) is 30.3 Å². The number of carbonyl (C=O) groups is 1. The zero-order chi connectivity index (χ0) is 18.2. The Morgan fingerprint density at radius 3 is 2.27 bits per heavy atom. The van der Waals surface area contributed by atoms with E-state index in [-0.39, 0.29) is 36.3 Å². The Morgan fingerprint density at radius 1 is 1.15 bits per heavy atom. The summed E-state index contributed by atoms with van der Waals surface area (Å²) in [4.78, 5) is 11.9. The van der Waals surface area contributed by atoms with E-state index in [1.807, 2.05) is 30.3 Å². The number of aromatic hydroxyl groups is 1. The first-order valence-electron chi connectivity index (χ1n) is 7.48. The maximum absolute atomic E-state index is 11.9. The first kappa shape index (κ1) is 21.1. The predicted octanol–water partition coefficient (Wildman–Crippen LogP) is 3.43. The maximum atomic E-state index is 11.9. The Hall–Kier alpha value is -2.93. The van der Waals surface area contributed by atoms with Crippen molar-refractivity contribution in [2.45, 2.75) is 6.61 Å². The number of hydrogen-bond donors (Lipinski definition) is 1. The average Bonchev–Trinajstić information content (AvgIpc) is 2.65. The largest absolute Gasteiger partial charge is 0.502 e. The van der Waals surface area contributed by atoms with Gasteiger partial charge in [0, 0.05) is 12.6 Å². The second kappa shape index (κ2) is 10.1. The molecule has 2 aromatic carbocycles. The molecule has 7 nitrogen and oxygen atoms in total. The Labute approximate surface area is 158 Å². The number of hydrazone groups is 1. The van der Waals surface area contributed by atoms with Gasteiger partial charge in [-0.05, 0) is 17.7 Å². The van der Waals surface area contributed by atoms with E-state index in [2.05, 4.69) is 5.10 Å². The Kier molecular flexibility index (Phi) is 8.24. The molecule has 0 spiro atoms. The highest BCUT2D eigenvalue weighted by Gasteiger charge is 2.12. The minimum Gasteiger partial charge on any atom is -0.502 e. The van der Waals surface area contributed by atoms with E-state index >= 15 is 0 Å². The number of carbonyl (C=O) groups excluding carboxylic acids is 1. The Balaban J connectivity index is 0.00000338. The Morgan fingerprint density at radius 2 is 1.73 bits per heavy atom. The van der Waals surface area contributed by atoms with E-state index in [1.165, 1.54) is 27.5 Å². The third-order valence-corrected chi connectivity index (χ3v) is 3.35. The van der Waals surface area contributed by atoms with E-state index < -0.39 is 6.09 Å². The normalized spacial score (nSPS) is 10.1. The van der Waals surface area contributed by atoms with Crippen molar-refractivity contribution in [2.24, 2.45) is 5.10 Å². The van der Waals surface area contributed by atoms with Crippen LogP contribution in [0, 0.1) is 0 Å². The van der Waals surface area contributed by atoms with E-state index in [0.717, 1.165) is 10.6 Å². The van der Waals surface area contributed by atoms with Crippen LogP contribution in [0.5, 0.6) is 17.2 Å². The summed E-state index contributed by atoms with van der Waals surface area (Å²) in [5.41, 5.74) is 1.48. The summed E-state index contributed by atoms with van der Waals surface area (Å²) in [6, 6.07) is 12.5. The molecular formula is C18H21ClN2O5. The molecule has 0 heterocycles. The van der Waals surface area contributed by atoms with Crippen molar-refractivity contribution in [1.29, 1.82) is 0 Å². The fraction of sp³-hybridized carbons (Fsp3) is 0.222. The van der Waals surface area contributed by atoms with Crippen LogP contribution in [0.2, 0.25) is 0 Å². The molecule has 0 aliphatic heterocycles. The highest BCUT2D eigenvalue weighted by molar-refractivity contribution is 5.85. The third-order valence-electron chi connectivity index (χ3n) is 3.35. The van der Waals surface area contributed by atoms with Gasteiger partial charge < -0.3 is 19.3 Å². The summed E-state index contributed by atoms with van der Waals surface area (Å²) in [6.45, 7) is 0.167. The van der Waals surface area contributed by atoms with Gasteiger partial charge in [-0.2, -0.15) is 5.10 Å². The summed E-state index contributed by atoms with van der Waals surface area (Å²) < 4.78 is 15.3. The lowest BCUT2D eigenvalue weighted by Crippen LogP contribution is -2.22. The van der Waals surface area contributed by atoms with Gasteiger partial charge in [0.15, 0.2) is 11.5 Å². The van der Waals surface area contributed by atoms with Crippen molar-refractivity contribution >= 4 is 24.7 Å². The van der Waals surface area contributed by atoms with Gasteiger partial charge in [0.05, 0.1) is 20.4 Å². The highest BCUT2D eigenvalue weighted by atomic mass is 35.5. The molecule has 26 heavy (non-hydrogen) atoms. The second-order valence-electron chi connectivity index (χ2n) is 5.08. The van der Waals surface area contributed by atoms with Gasteiger partial charge >= 0.3 is 6.09 Å². The third kappa shape index (κ3) is 5.56. The first-order chi connectivity index (χ1) is 12.0. The van der Waals surface area contributed by atoms with Crippen LogP contribution < -0.4 is 9.47 Å². The molecule has 0 saturated heterocycles. The van der Waals surface area contributed by atoms with Gasteiger partial charge in [-0.3, -0.25) is 0 Å². The molecule has 0 aliphatic carbocycles. The number of nitrogens with zero attached hydrogens (tertiary/aromatic N) is 2. The van der Waals surface area contributed by atoms with Gasteiger partial charge in [-0.15, -0.1) is 12.4 Å². The molecule has 1 N–H and O–H groups in total. The number of methoxy groups -OCH3 is 2. The molecule has 0 aliphatic rings. The van der Waals surface area contributed by atoms with Gasteiger partial charge in [0.1, 0.15) is 6.61 Å². The second-order valence-corrected chi connectivity index (χ2v) is 5.08. The summed E-state index contributed by atoms with van der Waals surface area (Å²) >= 11 is 0. The summed E-state index contributed by atoms with van der Waals surface area (Å²) in [7, 11) is 4.35. The molecule has 0 bridgehead atoms. The number of ether oxygens (including phenoxy) is 3. The number of amides is 1. The zero-order valence-corrected chi connectivity index (χ0v) is 15.5. The monoisotopic (exact) mass is 380 g/mol. The highest BCUT2D eigenvalue weighted by Crippen LogP contribution is 2.36. The lowest BCUT2D eigenvalue weighted by Gasteiger charge is -2.12. The van der Waals surface area contributed by atoms with Crippen LogP contribution in [-0.4, -0.2) is 43.7 Å². The van der Waals surface area contributed by atoms with Crippen LogP contribution in [0.25, 0.3) is 0 Å². The fourth-order valence-corrected chi connectivity index (χ4v) is 2.00. The quantitative estimate of drug-likeness (QED) is 0.613. The average molecular weight is 381 g/mol. The molecule has 8 heteroatoms. The zero-order valence-electron chi connectivity index (χ0n) is 14.7. The molecule has 0 fully saturated rings. The summed E-state index contributed by atoms with van der Waals surface area (Å²) in [6.07, 6.45) is 0.853. The van der Waals surface area contributed by atoms with Gasteiger partial charge in [0.2, 0.25) is 5.75 Å². The number of phenols is 1. The molecule has 1 amide bonds. The van der Waals surface area contributed by atoms with E-state index in [0.29, 0.717) is 5.56 Å². The van der Waals surface area contributed by atoms with E-state index in [9.17, 15) is 9.90 Å². The standard InChI is InChI=1S/C18H20N2O5.ClH/c1-20(18(22)25-12-13-7-5-4-6-8-13)19-11-14-9-15(23-2)17(21)16(10-14)24-3;/h4-11,21H,12H2,1-3H3;1H/b19-11+;. The van der Waals surface area contributed by atoms with Crippen LogP contribution in [0.1, 0.15) is 11.1 Å². The molecule has 0 aromatic heterocycles. The van der Waals surface area contributed by atoms with Crippen LogP contribution >= 0.6 is 12.4 Å². The van der Waals surface area contributed by atoms with Gasteiger partial charge in [-0.25, -0.2) is 9.80 Å². The van der Waals surface area contributed by atoms with Crippen molar-refractivity contribution < 1.29 is 24.1 Å². The van der Waals surface area contributed by atoms with E-state index in [1.54, 1.807) is 12.1 Å². The molecular weight excluding hydrogens is 360 g/mol. The van der Waals surface area contributed by atoms with Crippen LogP contribution in [-0.2, 0) is 11.3 Å². The Bertz CT molecular complexity index is 727. The molecule has 0 radical (unpaired) electrons. The molecule has 140 valence electrons. The smallest absolute Gasteiger partial charge is 0.430 e. The number of benzene rings is 2. The topological polar surface area (TPSA) is 80.6 Å². The van der Waals surface area contributed by atoms with Crippen LogP contribution in [0.4, 0.5) is 4.79 Å². The number of hydrogen-bond acceptors (Lipinski definition) is 6. The van der Waals surface area contributed by atoms with E-state index in [4.69, 9.17) is 14.2 Å². The van der Waals surface area contributed by atoms with Gasteiger partial charge in [0.25, 0.3) is 0 Å². The maximum Gasteiger partial charge on any atom is 0.430 e. The molecule has 2 rings (SSSR count). The van der Waals surface area contributed by atoms with Crippen LogP contribution in [0.3, 0.4) is 0 Å². The minimum absolute atomic E-state index is 0. The number of phenolic OH excluding ortho intramolecular Hbond substituents is 1. The fourth-order valence-electron chi connectivity index (χ4n) is 2.00. The SMILES string of the molecule is COc1cc(/C=N/N(C)C(=O)OCc2ccccc2)cc(OC)c1O.Cl. The minimum atomic E-state index is -0.585. The van der Waals surface area contributed by atoms with Crippen molar-refractivity contribution in [2.75, 3.05) is 21.3 Å². The van der Waals surface area contributed by atoms with Crippen molar-refractivity contribution in [1.82, 2.24) is 5.01 Å². The molecule has 2 aromatic rings. The molecule has 0 atom stereocenters. The van der Waals surface area contributed by atoms with Crippen molar-refractivity contribution in [3.05, 3.63) is 53.6 Å². The predicted molar refractivity (Wildman–Crippen MR) is 100 cm³/mol. The van der Waals surface area contributed by atoms with Crippen molar-refractivity contribution in [3.63, 3.8) is 0 Å². The molecule has 0 saturated carbocycles. The summed E-state index contributed by atoms with van der Waals surface area (Å²) in [5.74, 6) is 0.392. The number of rotatable bonds is 6. The number of halogens is 1. The molecule has 0 unspecified atom stereocenters. The summed E-state index contributed by atoms with van der Waals surface area (Å²) in [5, 5.41) is 15.0. The lowest BCUT2D eigenvalue weighted by atomic mass is 10.2. The van der Waals surface area contributed by atoms with Crippen molar-refractivity contribution in [3.8, 4) is 17.2 Å². The van der Waals surface area contributed by atoms with Crippen LogP contribution in [0.15, 0.2) is 47.6 Å². The lowest BCUT2D eigenvalue weighted by molar-refractivity contribution is 0.106.